The van der Waals surface area contributed by atoms with Crippen LogP contribution in [0.5, 0.6) is 0 Å². The fourth-order valence-electron chi connectivity index (χ4n) is 1.25. The van der Waals surface area contributed by atoms with Crippen LogP contribution in [-0.2, 0) is 11.3 Å². The van der Waals surface area contributed by atoms with Gasteiger partial charge >= 0.3 is 5.97 Å². The molecule has 0 aliphatic heterocycles. The van der Waals surface area contributed by atoms with Gasteiger partial charge in [-0.25, -0.2) is 14.8 Å². The molecule has 0 fully saturated rings. The van der Waals surface area contributed by atoms with Crippen molar-refractivity contribution >= 4 is 33.8 Å². The summed E-state index contributed by atoms with van der Waals surface area (Å²) in [6.45, 7) is 2.40. The molecule has 0 aliphatic carbocycles. The number of carbonyl (C=O) groups is 1. The van der Waals surface area contributed by atoms with Crippen LogP contribution in [0.3, 0.4) is 0 Å². The predicted molar refractivity (Wildman–Crippen MR) is 67.6 cm³/mol. The van der Waals surface area contributed by atoms with E-state index in [-0.39, 0.29) is 5.97 Å². The van der Waals surface area contributed by atoms with Crippen molar-refractivity contribution in [1.29, 1.82) is 0 Å². The molecule has 0 aromatic carbocycles. The minimum atomic E-state index is -0.346. The van der Waals surface area contributed by atoms with Crippen molar-refractivity contribution < 1.29 is 9.53 Å². The van der Waals surface area contributed by atoms with Gasteiger partial charge in [-0.3, -0.25) is 0 Å². The lowest BCUT2D eigenvalue weighted by molar-refractivity contribution is 0.0605. The molecule has 1 N–H and O–H groups in total. The maximum absolute atomic E-state index is 11.4. The predicted octanol–water partition coefficient (Wildman–Crippen LogP) is 2.31. The number of ether oxygens (including phenoxy) is 1. The Bertz CT molecular complexity index is 508. The van der Waals surface area contributed by atoms with Gasteiger partial charge in [0.15, 0.2) is 5.13 Å². The van der Waals surface area contributed by atoms with E-state index in [0.29, 0.717) is 22.2 Å². The molecule has 0 spiro atoms. The number of thiazole rings is 2. The molecule has 90 valence electrons. The van der Waals surface area contributed by atoms with Gasteiger partial charge in [0.2, 0.25) is 0 Å². The Hall–Kier alpha value is -1.47. The minimum absolute atomic E-state index is 0.346. The summed E-state index contributed by atoms with van der Waals surface area (Å²) >= 11 is 2.84. The highest BCUT2D eigenvalue weighted by Crippen LogP contribution is 2.23. The van der Waals surface area contributed by atoms with Crippen molar-refractivity contribution in [3.8, 4) is 0 Å². The molecule has 0 saturated heterocycles. The van der Waals surface area contributed by atoms with Crippen molar-refractivity contribution in [2.75, 3.05) is 12.4 Å². The largest absolute Gasteiger partial charge is 0.465 e. The first-order chi connectivity index (χ1) is 8.20. The summed E-state index contributed by atoms with van der Waals surface area (Å²) < 4.78 is 4.67. The van der Waals surface area contributed by atoms with Crippen molar-refractivity contribution in [1.82, 2.24) is 9.97 Å². The van der Waals surface area contributed by atoms with Crippen LogP contribution in [0, 0.1) is 6.92 Å². The van der Waals surface area contributed by atoms with E-state index < -0.39 is 0 Å². The third-order valence-electron chi connectivity index (χ3n) is 2.07. The van der Waals surface area contributed by atoms with E-state index in [0.717, 1.165) is 5.69 Å². The monoisotopic (exact) mass is 269 g/mol. The van der Waals surface area contributed by atoms with Crippen LogP contribution in [0.15, 0.2) is 10.9 Å². The van der Waals surface area contributed by atoms with Crippen LogP contribution in [0.1, 0.15) is 21.1 Å². The summed E-state index contributed by atoms with van der Waals surface area (Å²) in [4.78, 5) is 20.3. The van der Waals surface area contributed by atoms with E-state index >= 15 is 0 Å². The van der Waals surface area contributed by atoms with Gasteiger partial charge in [-0.05, 0) is 6.92 Å². The van der Waals surface area contributed by atoms with Crippen LogP contribution >= 0.6 is 22.7 Å². The molecule has 0 amide bonds. The SMILES string of the molecule is COC(=O)c1sc(NCc2cscn2)nc1C. The summed E-state index contributed by atoms with van der Waals surface area (Å²) in [7, 11) is 1.36. The number of anilines is 1. The van der Waals surface area contributed by atoms with Gasteiger partial charge in [0.1, 0.15) is 4.88 Å². The Morgan fingerprint density at radius 1 is 1.59 bits per heavy atom. The fourth-order valence-corrected chi connectivity index (χ4v) is 2.68. The smallest absolute Gasteiger partial charge is 0.350 e. The molecule has 17 heavy (non-hydrogen) atoms. The van der Waals surface area contributed by atoms with E-state index in [2.05, 4.69) is 20.0 Å². The summed E-state index contributed by atoms with van der Waals surface area (Å²) in [5.41, 5.74) is 3.43. The minimum Gasteiger partial charge on any atom is -0.465 e. The lowest BCUT2D eigenvalue weighted by Crippen LogP contribution is -1.99. The molecule has 7 heteroatoms. The van der Waals surface area contributed by atoms with Gasteiger partial charge in [-0.2, -0.15) is 0 Å². The highest BCUT2D eigenvalue weighted by Gasteiger charge is 2.15. The molecule has 0 saturated carbocycles. The van der Waals surface area contributed by atoms with Crippen LogP contribution < -0.4 is 5.32 Å². The van der Waals surface area contributed by atoms with Gasteiger partial charge < -0.3 is 10.1 Å². The number of esters is 1. The number of aryl methyl sites for hydroxylation is 1. The second-order valence-electron chi connectivity index (χ2n) is 3.26. The molecule has 0 unspecified atom stereocenters. The van der Waals surface area contributed by atoms with E-state index in [9.17, 15) is 4.79 Å². The Morgan fingerprint density at radius 2 is 2.41 bits per heavy atom. The third-order valence-corrected chi connectivity index (χ3v) is 3.80. The molecule has 2 aromatic rings. The normalized spacial score (nSPS) is 10.2. The molecular weight excluding hydrogens is 258 g/mol. The maximum Gasteiger partial charge on any atom is 0.350 e. The van der Waals surface area contributed by atoms with E-state index in [1.54, 1.807) is 23.8 Å². The zero-order valence-corrected chi connectivity index (χ0v) is 11.0. The second-order valence-corrected chi connectivity index (χ2v) is 4.98. The second kappa shape index (κ2) is 5.24. The van der Waals surface area contributed by atoms with Crippen molar-refractivity contribution in [2.24, 2.45) is 0 Å². The zero-order valence-electron chi connectivity index (χ0n) is 9.39. The standard InChI is InChI=1S/C10H11N3O2S2/c1-6-8(9(14)15-2)17-10(13-6)11-3-7-4-16-5-12-7/h4-5H,3H2,1-2H3,(H,11,13). The average molecular weight is 269 g/mol. The lowest BCUT2D eigenvalue weighted by atomic mass is 10.4. The van der Waals surface area contributed by atoms with Gasteiger partial charge in [0.05, 0.1) is 30.6 Å². The van der Waals surface area contributed by atoms with Crippen molar-refractivity contribution in [3.63, 3.8) is 0 Å². The molecule has 0 bridgehead atoms. The number of nitrogens with one attached hydrogen (secondary N) is 1. The Morgan fingerprint density at radius 3 is 3.06 bits per heavy atom. The topological polar surface area (TPSA) is 64.1 Å². The first kappa shape index (κ1) is 12.0. The number of nitrogens with zero attached hydrogens (tertiary/aromatic N) is 2. The first-order valence-electron chi connectivity index (χ1n) is 4.87. The Kier molecular flexibility index (Phi) is 3.70. The highest BCUT2D eigenvalue weighted by molar-refractivity contribution is 7.17. The zero-order chi connectivity index (χ0) is 12.3. The van der Waals surface area contributed by atoms with E-state index in [1.807, 2.05) is 5.38 Å². The van der Waals surface area contributed by atoms with Gasteiger partial charge in [-0.15, -0.1) is 11.3 Å². The van der Waals surface area contributed by atoms with Gasteiger partial charge in [0, 0.05) is 5.38 Å². The summed E-state index contributed by atoms with van der Waals surface area (Å²) in [6, 6.07) is 0. The highest BCUT2D eigenvalue weighted by atomic mass is 32.1. The van der Waals surface area contributed by atoms with Crippen molar-refractivity contribution in [3.05, 3.63) is 27.2 Å². The van der Waals surface area contributed by atoms with Gasteiger partial charge in [-0.1, -0.05) is 11.3 Å². The first-order valence-corrected chi connectivity index (χ1v) is 6.63. The fraction of sp³-hybridized carbons (Fsp3) is 0.300. The average Bonchev–Trinajstić information content (AvgIpc) is 2.94. The number of hydrogen-bond acceptors (Lipinski definition) is 7. The number of methoxy groups -OCH3 is 1. The molecule has 2 aromatic heterocycles. The van der Waals surface area contributed by atoms with E-state index in [1.165, 1.54) is 18.4 Å². The maximum atomic E-state index is 11.4. The summed E-state index contributed by atoms with van der Waals surface area (Å²) in [5, 5.41) is 5.80. The summed E-state index contributed by atoms with van der Waals surface area (Å²) in [6.07, 6.45) is 0. The number of rotatable bonds is 4. The van der Waals surface area contributed by atoms with Crippen LogP contribution in [-0.4, -0.2) is 23.0 Å². The quantitative estimate of drug-likeness (QED) is 0.863. The Labute approximate surface area is 106 Å². The van der Waals surface area contributed by atoms with Crippen LogP contribution in [0.4, 0.5) is 5.13 Å². The molecule has 0 atom stereocenters. The third kappa shape index (κ3) is 2.80. The Balaban J connectivity index is 2.05. The van der Waals surface area contributed by atoms with Crippen LogP contribution in [0.2, 0.25) is 0 Å². The molecule has 2 rings (SSSR count). The number of hydrogen-bond donors (Lipinski definition) is 1. The summed E-state index contributed by atoms with van der Waals surface area (Å²) in [5.74, 6) is -0.346. The molecular formula is C10H11N3O2S2. The molecule has 5 nitrogen and oxygen atoms in total. The number of aromatic nitrogens is 2. The number of carbonyl (C=O) groups excluding carboxylic acids is 1. The molecule has 0 radical (unpaired) electrons. The van der Waals surface area contributed by atoms with Crippen molar-refractivity contribution in [2.45, 2.75) is 13.5 Å². The van der Waals surface area contributed by atoms with Gasteiger partial charge in [0.25, 0.3) is 0 Å². The lowest BCUT2D eigenvalue weighted by Gasteiger charge is -1.97. The molecule has 2 heterocycles. The molecule has 0 aliphatic rings. The van der Waals surface area contributed by atoms with E-state index in [4.69, 9.17) is 0 Å². The van der Waals surface area contributed by atoms with Crippen LogP contribution in [0.25, 0.3) is 0 Å².